The molecule has 1 aromatic carbocycles. The summed E-state index contributed by atoms with van der Waals surface area (Å²) in [4.78, 5) is 11.8. The van der Waals surface area contributed by atoms with Gasteiger partial charge in [-0.2, -0.15) is 0 Å². The first-order valence-electron chi connectivity index (χ1n) is 7.39. The van der Waals surface area contributed by atoms with Gasteiger partial charge in [-0.3, -0.25) is 0 Å². The molecule has 3 N–H and O–H groups in total. The zero-order valence-corrected chi connectivity index (χ0v) is 13.4. The minimum Gasteiger partial charge on any atom is -0.388 e. The van der Waals surface area contributed by atoms with Crippen molar-refractivity contribution in [3.05, 3.63) is 35.4 Å². The van der Waals surface area contributed by atoms with Crippen molar-refractivity contribution in [1.29, 1.82) is 0 Å². The maximum Gasteiger partial charge on any atom is 0.315 e. The number of amides is 2. The number of hydrogen-bond acceptors (Lipinski definition) is 2. The van der Waals surface area contributed by atoms with Crippen LogP contribution in [-0.2, 0) is 0 Å². The molecule has 0 aliphatic heterocycles. The van der Waals surface area contributed by atoms with E-state index in [1.54, 1.807) is 13.8 Å². The number of carbonyl (C=O) groups excluding carboxylic acids is 1. The summed E-state index contributed by atoms with van der Waals surface area (Å²) < 4.78 is 26.8. The molecule has 3 atom stereocenters. The molecule has 0 aliphatic carbocycles. The molecule has 1 rings (SSSR count). The molecule has 2 amide bonds. The minimum absolute atomic E-state index is 0.0193. The zero-order chi connectivity index (χ0) is 16.9. The van der Waals surface area contributed by atoms with Crippen molar-refractivity contribution in [3.8, 4) is 0 Å². The Morgan fingerprint density at radius 2 is 2.00 bits per heavy atom. The van der Waals surface area contributed by atoms with Crippen LogP contribution in [0.25, 0.3) is 0 Å². The Balaban J connectivity index is 2.60. The largest absolute Gasteiger partial charge is 0.388 e. The van der Waals surface area contributed by atoms with E-state index in [1.807, 2.05) is 13.8 Å². The molecule has 0 aliphatic rings. The van der Waals surface area contributed by atoms with Gasteiger partial charge in [0.1, 0.15) is 0 Å². The number of halogens is 2. The van der Waals surface area contributed by atoms with Crippen LogP contribution in [0.4, 0.5) is 13.6 Å². The first-order valence-corrected chi connectivity index (χ1v) is 7.39. The fraction of sp³-hybridized carbons (Fsp3) is 0.562. The molecular weight excluding hydrogens is 290 g/mol. The van der Waals surface area contributed by atoms with E-state index in [9.17, 15) is 18.7 Å². The zero-order valence-electron chi connectivity index (χ0n) is 13.4. The van der Waals surface area contributed by atoms with Crippen molar-refractivity contribution in [3.63, 3.8) is 0 Å². The second-order valence-corrected chi connectivity index (χ2v) is 5.86. The van der Waals surface area contributed by atoms with Gasteiger partial charge >= 0.3 is 6.03 Å². The maximum absolute atomic E-state index is 13.6. The van der Waals surface area contributed by atoms with E-state index < -0.39 is 29.3 Å². The second kappa shape index (κ2) is 7.54. The Labute approximate surface area is 129 Å². The van der Waals surface area contributed by atoms with Crippen molar-refractivity contribution < 1.29 is 18.7 Å². The molecule has 0 saturated carbocycles. The normalized spacial score (nSPS) is 16.5. The Bertz CT molecular complexity index is 521. The van der Waals surface area contributed by atoms with Crippen LogP contribution in [0.1, 0.15) is 45.7 Å². The van der Waals surface area contributed by atoms with Gasteiger partial charge in [0.15, 0.2) is 11.6 Å². The van der Waals surface area contributed by atoms with Gasteiger partial charge in [0.2, 0.25) is 0 Å². The minimum atomic E-state index is -1.03. The Morgan fingerprint density at radius 1 is 1.36 bits per heavy atom. The van der Waals surface area contributed by atoms with Gasteiger partial charge in [0.05, 0.1) is 11.6 Å². The Kier molecular flexibility index (Phi) is 6.29. The van der Waals surface area contributed by atoms with Crippen LogP contribution in [-0.4, -0.2) is 23.3 Å². The summed E-state index contributed by atoms with van der Waals surface area (Å²) >= 11 is 0. The predicted molar refractivity (Wildman–Crippen MR) is 81.4 cm³/mol. The molecule has 0 aromatic heterocycles. The van der Waals surface area contributed by atoms with Crippen LogP contribution in [0, 0.1) is 17.6 Å². The summed E-state index contributed by atoms with van der Waals surface area (Å²) in [5, 5.41) is 15.3. The fourth-order valence-corrected chi connectivity index (χ4v) is 2.05. The number of nitrogens with one attached hydrogen (secondary N) is 2. The number of carbonyl (C=O) groups is 1. The summed E-state index contributed by atoms with van der Waals surface area (Å²) in [5.74, 6) is -1.90. The van der Waals surface area contributed by atoms with Gasteiger partial charge in [-0.05, 0) is 25.8 Å². The van der Waals surface area contributed by atoms with E-state index in [-0.39, 0.29) is 18.0 Å². The van der Waals surface area contributed by atoms with E-state index in [0.29, 0.717) is 0 Å². The highest BCUT2D eigenvalue weighted by Crippen LogP contribution is 2.20. The van der Waals surface area contributed by atoms with E-state index >= 15 is 0 Å². The molecule has 0 spiro atoms. The first kappa shape index (κ1) is 18.4. The lowest BCUT2D eigenvalue weighted by Gasteiger charge is -2.30. The number of hydrogen-bond donors (Lipinski definition) is 3. The monoisotopic (exact) mass is 314 g/mol. The van der Waals surface area contributed by atoms with Crippen molar-refractivity contribution in [2.45, 2.75) is 45.8 Å². The maximum atomic E-state index is 13.6. The molecule has 0 saturated heterocycles. The predicted octanol–water partition coefficient (Wildman–Crippen LogP) is 3.12. The topological polar surface area (TPSA) is 61.4 Å². The average Bonchev–Trinajstić information content (AvgIpc) is 2.47. The highest BCUT2D eigenvalue weighted by atomic mass is 19.2. The van der Waals surface area contributed by atoms with E-state index in [1.165, 1.54) is 12.1 Å². The third-order valence-corrected chi connectivity index (χ3v) is 4.08. The average molecular weight is 314 g/mol. The summed E-state index contributed by atoms with van der Waals surface area (Å²) in [6.07, 6.45) is 0.779. The van der Waals surface area contributed by atoms with Crippen LogP contribution in [0.3, 0.4) is 0 Å². The molecule has 3 unspecified atom stereocenters. The van der Waals surface area contributed by atoms with E-state index in [2.05, 4.69) is 10.6 Å². The molecule has 0 radical (unpaired) electrons. The molecule has 0 heterocycles. The molecule has 22 heavy (non-hydrogen) atoms. The van der Waals surface area contributed by atoms with Gasteiger partial charge in [-0.15, -0.1) is 0 Å². The van der Waals surface area contributed by atoms with Gasteiger partial charge in [-0.1, -0.05) is 32.4 Å². The number of benzene rings is 1. The van der Waals surface area contributed by atoms with Gasteiger partial charge < -0.3 is 15.7 Å². The van der Waals surface area contributed by atoms with Crippen molar-refractivity contribution in [2.75, 3.05) is 6.54 Å². The fourth-order valence-electron chi connectivity index (χ4n) is 2.05. The Hall–Kier alpha value is -1.69. The van der Waals surface area contributed by atoms with Crippen LogP contribution >= 0.6 is 0 Å². The molecule has 6 heteroatoms. The number of urea groups is 1. The molecule has 0 bridgehead atoms. The Morgan fingerprint density at radius 3 is 2.59 bits per heavy atom. The highest BCUT2D eigenvalue weighted by molar-refractivity contribution is 5.74. The van der Waals surface area contributed by atoms with Gasteiger partial charge in [0, 0.05) is 12.1 Å². The third kappa shape index (κ3) is 4.66. The lowest BCUT2D eigenvalue weighted by Crippen LogP contribution is -2.48. The third-order valence-electron chi connectivity index (χ3n) is 4.08. The van der Waals surface area contributed by atoms with E-state index in [0.717, 1.165) is 12.5 Å². The van der Waals surface area contributed by atoms with Crippen LogP contribution in [0.15, 0.2) is 18.2 Å². The van der Waals surface area contributed by atoms with Crippen LogP contribution in [0.5, 0.6) is 0 Å². The molecule has 1 aromatic rings. The highest BCUT2D eigenvalue weighted by Gasteiger charge is 2.27. The van der Waals surface area contributed by atoms with Crippen LogP contribution < -0.4 is 10.6 Å². The standard InChI is InChI=1S/C16H24F2N2O2/c1-5-10(2)16(4,22)9-19-15(21)20-11(3)12-7-6-8-13(17)14(12)18/h6-8,10-11,22H,5,9H2,1-4H3,(H2,19,20,21). The molecular formula is C16H24F2N2O2. The number of aliphatic hydroxyl groups is 1. The summed E-state index contributed by atoms with van der Waals surface area (Å²) in [6, 6.07) is 2.59. The number of rotatable bonds is 6. The van der Waals surface area contributed by atoms with Gasteiger partial charge in [-0.25, -0.2) is 13.6 Å². The molecule has 124 valence electrons. The second-order valence-electron chi connectivity index (χ2n) is 5.86. The lowest BCUT2D eigenvalue weighted by atomic mass is 9.89. The SMILES string of the molecule is CCC(C)C(C)(O)CNC(=O)NC(C)c1cccc(F)c1F. The van der Waals surface area contributed by atoms with E-state index in [4.69, 9.17) is 0 Å². The van der Waals surface area contributed by atoms with Crippen molar-refractivity contribution in [2.24, 2.45) is 5.92 Å². The molecule has 0 fully saturated rings. The van der Waals surface area contributed by atoms with Crippen molar-refractivity contribution in [1.82, 2.24) is 10.6 Å². The van der Waals surface area contributed by atoms with Gasteiger partial charge in [0.25, 0.3) is 0 Å². The summed E-state index contributed by atoms with van der Waals surface area (Å²) in [7, 11) is 0. The molecule has 4 nitrogen and oxygen atoms in total. The summed E-state index contributed by atoms with van der Waals surface area (Å²) in [6.45, 7) is 7.13. The lowest BCUT2D eigenvalue weighted by molar-refractivity contribution is 0.00784. The quantitative estimate of drug-likeness (QED) is 0.755. The smallest absolute Gasteiger partial charge is 0.315 e. The van der Waals surface area contributed by atoms with Crippen molar-refractivity contribution >= 4 is 6.03 Å². The first-order chi connectivity index (χ1) is 10.2. The van der Waals surface area contributed by atoms with Crippen LogP contribution in [0.2, 0.25) is 0 Å². The summed E-state index contributed by atoms with van der Waals surface area (Å²) in [5.41, 5.74) is -0.955.